The quantitative estimate of drug-likeness (QED) is 0.558. The molecule has 3 N–H and O–H groups in total. The number of aryl methyl sites for hydroxylation is 2. The van der Waals surface area contributed by atoms with Crippen molar-refractivity contribution in [2.45, 2.75) is 13.8 Å². The van der Waals surface area contributed by atoms with Crippen LogP contribution in [-0.4, -0.2) is 22.1 Å². The first-order chi connectivity index (χ1) is 12.0. The molecule has 0 aliphatic carbocycles. The molecular formula is C21H24O4. The molecule has 0 amide bonds. The van der Waals surface area contributed by atoms with Crippen LogP contribution in [0.15, 0.2) is 78.9 Å². The summed E-state index contributed by atoms with van der Waals surface area (Å²) in [5, 5.41) is 26.3. The van der Waals surface area contributed by atoms with Gasteiger partial charge in [0.2, 0.25) is 0 Å². The third kappa shape index (κ3) is 11.0. The summed E-state index contributed by atoms with van der Waals surface area (Å²) in [6, 6.07) is 23.1. The van der Waals surface area contributed by atoms with Crippen molar-refractivity contribution in [2.75, 3.05) is 0 Å². The standard InChI is InChI=1S/2C7H8O.C6H6O.CH2O/c1-6-2-4-7(8)5-3-6;1-6-4-2-3-5-7(6)8;7-6-4-2-1-3-5-6;1-2/h2*2-5,8H,1H3;1-5,7H;1H2. The molecule has 3 rings (SSSR count). The molecule has 4 nitrogen and oxygen atoms in total. The summed E-state index contributed by atoms with van der Waals surface area (Å²) in [5.74, 6) is 1.02. The van der Waals surface area contributed by atoms with Crippen molar-refractivity contribution < 1.29 is 20.1 Å². The molecule has 4 heteroatoms. The second-order valence-corrected chi connectivity index (χ2v) is 4.96. The first-order valence-electron chi connectivity index (χ1n) is 7.52. The Balaban J connectivity index is 0.000000330. The Kier molecular flexibility index (Phi) is 11.5. The average molecular weight is 340 g/mol. The van der Waals surface area contributed by atoms with Crippen LogP contribution >= 0.6 is 0 Å². The normalized spacial score (nSPS) is 8.40. The van der Waals surface area contributed by atoms with Gasteiger partial charge in [-0.25, -0.2) is 0 Å². The number of benzene rings is 3. The van der Waals surface area contributed by atoms with E-state index >= 15 is 0 Å². The van der Waals surface area contributed by atoms with E-state index in [4.69, 9.17) is 20.1 Å². The van der Waals surface area contributed by atoms with Crippen molar-refractivity contribution in [3.63, 3.8) is 0 Å². The van der Waals surface area contributed by atoms with Gasteiger partial charge in [-0.2, -0.15) is 0 Å². The lowest BCUT2D eigenvalue weighted by Gasteiger charge is -1.92. The Hall–Kier alpha value is -3.27. The summed E-state index contributed by atoms with van der Waals surface area (Å²) < 4.78 is 0. The van der Waals surface area contributed by atoms with Crippen molar-refractivity contribution in [3.05, 3.63) is 90.0 Å². The Morgan fingerprint density at radius 1 is 0.600 bits per heavy atom. The Labute approximate surface area is 148 Å². The molecule has 0 radical (unpaired) electrons. The second kappa shape index (κ2) is 13.2. The van der Waals surface area contributed by atoms with Crippen molar-refractivity contribution in [1.82, 2.24) is 0 Å². The highest BCUT2D eigenvalue weighted by Crippen LogP contribution is 2.12. The van der Waals surface area contributed by atoms with E-state index in [-0.39, 0.29) is 0 Å². The number of carbonyl (C=O) groups excluding carboxylic acids is 1. The van der Waals surface area contributed by atoms with Gasteiger partial charge in [-0.15, -0.1) is 0 Å². The molecule has 0 fully saturated rings. The van der Waals surface area contributed by atoms with Crippen molar-refractivity contribution in [3.8, 4) is 17.2 Å². The molecule has 0 aliphatic heterocycles. The summed E-state index contributed by atoms with van der Waals surface area (Å²) in [6.45, 7) is 5.86. The largest absolute Gasteiger partial charge is 0.508 e. The average Bonchev–Trinajstić information content (AvgIpc) is 2.64. The summed E-state index contributed by atoms with van der Waals surface area (Å²) in [7, 11) is 0. The van der Waals surface area contributed by atoms with Gasteiger partial charge in [0, 0.05) is 0 Å². The number of hydrogen-bond acceptors (Lipinski definition) is 4. The predicted octanol–water partition coefficient (Wildman–Crippen LogP) is 4.61. The number of phenols is 3. The number of rotatable bonds is 0. The zero-order valence-electron chi connectivity index (χ0n) is 14.5. The Bertz CT molecular complexity index is 653. The molecule has 0 spiro atoms. The van der Waals surface area contributed by atoms with Gasteiger partial charge in [0.15, 0.2) is 0 Å². The maximum Gasteiger partial charge on any atom is 0.118 e. The van der Waals surface area contributed by atoms with Gasteiger partial charge in [-0.05, 0) is 49.7 Å². The fraction of sp³-hybridized carbons (Fsp3) is 0.0952. The number of aromatic hydroxyl groups is 3. The van der Waals surface area contributed by atoms with Crippen LogP contribution in [0, 0.1) is 13.8 Å². The van der Waals surface area contributed by atoms with E-state index in [2.05, 4.69) is 0 Å². The summed E-state index contributed by atoms with van der Waals surface area (Å²) in [5.41, 5.74) is 2.09. The predicted molar refractivity (Wildman–Crippen MR) is 101 cm³/mol. The first kappa shape index (κ1) is 21.7. The highest BCUT2D eigenvalue weighted by Gasteiger charge is 1.87. The van der Waals surface area contributed by atoms with E-state index < -0.39 is 0 Å². The van der Waals surface area contributed by atoms with E-state index in [1.165, 1.54) is 5.56 Å². The zero-order chi connectivity index (χ0) is 19.1. The van der Waals surface area contributed by atoms with E-state index in [9.17, 15) is 0 Å². The topological polar surface area (TPSA) is 77.8 Å². The molecule has 25 heavy (non-hydrogen) atoms. The van der Waals surface area contributed by atoms with E-state index in [1.807, 2.05) is 57.0 Å². The van der Waals surface area contributed by atoms with Crippen LogP contribution in [0.1, 0.15) is 11.1 Å². The third-order valence-corrected chi connectivity index (χ3v) is 2.91. The monoisotopic (exact) mass is 340 g/mol. The second-order valence-electron chi connectivity index (χ2n) is 4.96. The van der Waals surface area contributed by atoms with Crippen LogP contribution in [0.4, 0.5) is 0 Å². The van der Waals surface area contributed by atoms with Gasteiger partial charge >= 0.3 is 0 Å². The lowest BCUT2D eigenvalue weighted by Crippen LogP contribution is -1.68. The Morgan fingerprint density at radius 3 is 1.36 bits per heavy atom. The minimum absolute atomic E-state index is 0.322. The number of carbonyl (C=O) groups is 1. The first-order valence-corrected chi connectivity index (χ1v) is 7.52. The minimum atomic E-state index is 0.322. The van der Waals surface area contributed by atoms with Gasteiger partial charge in [-0.3, -0.25) is 0 Å². The van der Waals surface area contributed by atoms with E-state index in [0.717, 1.165) is 5.56 Å². The molecule has 3 aromatic carbocycles. The maximum absolute atomic E-state index is 8.92. The van der Waals surface area contributed by atoms with Gasteiger partial charge in [0.25, 0.3) is 0 Å². The summed E-state index contributed by atoms with van der Waals surface area (Å²) >= 11 is 0. The maximum atomic E-state index is 8.92. The molecule has 0 bridgehead atoms. The molecule has 0 unspecified atom stereocenters. The lowest BCUT2D eigenvalue weighted by atomic mass is 10.2. The smallest absolute Gasteiger partial charge is 0.118 e. The molecule has 0 saturated carbocycles. The van der Waals surface area contributed by atoms with Crippen LogP contribution in [0.25, 0.3) is 0 Å². The van der Waals surface area contributed by atoms with Gasteiger partial charge < -0.3 is 20.1 Å². The lowest BCUT2D eigenvalue weighted by molar-refractivity contribution is -0.0979. The molecule has 0 heterocycles. The van der Waals surface area contributed by atoms with Gasteiger partial charge in [0.05, 0.1) is 0 Å². The molecule has 132 valence electrons. The van der Waals surface area contributed by atoms with E-state index in [0.29, 0.717) is 17.2 Å². The fourth-order valence-electron chi connectivity index (χ4n) is 1.54. The molecule has 0 atom stereocenters. The molecule has 3 aromatic rings. The van der Waals surface area contributed by atoms with Crippen LogP contribution < -0.4 is 0 Å². The van der Waals surface area contributed by atoms with Crippen molar-refractivity contribution in [1.29, 1.82) is 0 Å². The van der Waals surface area contributed by atoms with Gasteiger partial charge in [-0.1, -0.05) is 54.1 Å². The number of hydrogen-bond donors (Lipinski definition) is 3. The highest BCUT2D eigenvalue weighted by molar-refractivity contribution is 5.29. The van der Waals surface area contributed by atoms with Gasteiger partial charge in [0.1, 0.15) is 24.0 Å². The highest BCUT2D eigenvalue weighted by atomic mass is 16.3. The molecule has 0 aromatic heterocycles. The number of phenolic OH excluding ortho intramolecular Hbond substituents is 3. The van der Waals surface area contributed by atoms with Crippen LogP contribution in [0.2, 0.25) is 0 Å². The SMILES string of the molecule is C=O.Cc1ccc(O)cc1.Cc1ccccc1O.Oc1ccccc1. The van der Waals surface area contributed by atoms with Crippen molar-refractivity contribution in [2.24, 2.45) is 0 Å². The number of para-hydroxylation sites is 2. The minimum Gasteiger partial charge on any atom is -0.508 e. The summed E-state index contributed by atoms with van der Waals surface area (Å²) in [6.07, 6.45) is 0. The van der Waals surface area contributed by atoms with Crippen LogP contribution in [0.3, 0.4) is 0 Å². The van der Waals surface area contributed by atoms with Crippen molar-refractivity contribution >= 4 is 6.79 Å². The van der Waals surface area contributed by atoms with Crippen LogP contribution in [0.5, 0.6) is 17.2 Å². The molecular weight excluding hydrogens is 316 g/mol. The Morgan fingerprint density at radius 2 is 1.04 bits per heavy atom. The summed E-state index contributed by atoms with van der Waals surface area (Å²) in [4.78, 5) is 8.00. The zero-order valence-corrected chi connectivity index (χ0v) is 14.5. The molecule has 0 aliphatic rings. The van der Waals surface area contributed by atoms with Crippen LogP contribution in [-0.2, 0) is 4.79 Å². The fourth-order valence-corrected chi connectivity index (χ4v) is 1.54. The third-order valence-electron chi connectivity index (χ3n) is 2.91. The molecule has 0 saturated heterocycles. The van der Waals surface area contributed by atoms with E-state index in [1.54, 1.807) is 42.5 Å².